The second kappa shape index (κ2) is 4.52. The Balaban J connectivity index is 3.32. The fraction of sp³-hybridized carbons (Fsp3) is 0.111. The van der Waals surface area contributed by atoms with Crippen molar-refractivity contribution < 1.29 is 9.50 Å². The molecule has 0 aliphatic carbocycles. The van der Waals surface area contributed by atoms with E-state index in [1.807, 2.05) is 0 Å². The van der Waals surface area contributed by atoms with Crippen LogP contribution >= 0.6 is 38.5 Å². The highest BCUT2D eigenvalue weighted by Crippen LogP contribution is 2.30. The Bertz CT molecular complexity index is 341. The Hall–Kier alpha value is 0.0600. The molecule has 0 aliphatic rings. The Morgan fingerprint density at radius 2 is 2.23 bits per heavy atom. The van der Waals surface area contributed by atoms with Gasteiger partial charge in [0.2, 0.25) is 0 Å². The van der Waals surface area contributed by atoms with Crippen molar-refractivity contribution in [3.05, 3.63) is 44.2 Å². The lowest BCUT2D eigenvalue weighted by molar-refractivity contribution is 0.222. The Morgan fingerprint density at radius 1 is 1.62 bits per heavy atom. The molecular weight excluding hydrogens is 350 g/mol. The molecule has 1 rings (SSSR count). The first-order chi connectivity index (χ1) is 6.07. The molecule has 1 atom stereocenters. The van der Waals surface area contributed by atoms with Gasteiger partial charge in [0, 0.05) is 13.6 Å². The van der Waals surface area contributed by atoms with E-state index in [1.54, 1.807) is 6.07 Å². The quantitative estimate of drug-likeness (QED) is 0.489. The van der Waals surface area contributed by atoms with Crippen molar-refractivity contribution >= 4 is 38.5 Å². The Kier molecular flexibility index (Phi) is 3.87. The van der Waals surface area contributed by atoms with Gasteiger partial charge < -0.3 is 5.11 Å². The number of rotatable bonds is 2. The topological polar surface area (TPSA) is 20.2 Å². The van der Waals surface area contributed by atoms with E-state index in [0.717, 1.165) is 3.57 Å². The molecule has 0 amide bonds. The van der Waals surface area contributed by atoms with Crippen molar-refractivity contribution in [3.8, 4) is 0 Å². The van der Waals surface area contributed by atoms with Crippen molar-refractivity contribution in [1.29, 1.82) is 0 Å². The van der Waals surface area contributed by atoms with Gasteiger partial charge in [0.1, 0.15) is 11.9 Å². The zero-order valence-electron chi connectivity index (χ0n) is 6.60. The van der Waals surface area contributed by atoms with Crippen LogP contribution in [0.25, 0.3) is 0 Å². The van der Waals surface area contributed by atoms with Crippen LogP contribution < -0.4 is 0 Å². The number of halogens is 3. The van der Waals surface area contributed by atoms with Crippen molar-refractivity contribution in [2.75, 3.05) is 0 Å². The third-order valence-electron chi connectivity index (χ3n) is 1.60. The minimum absolute atomic E-state index is 0.238. The largest absolute Gasteiger partial charge is 0.384 e. The fourth-order valence-electron chi connectivity index (χ4n) is 0.932. The summed E-state index contributed by atoms with van der Waals surface area (Å²) in [5.41, 5.74) is 0.238. The van der Waals surface area contributed by atoms with Gasteiger partial charge in [-0.05, 0) is 50.7 Å². The van der Waals surface area contributed by atoms with E-state index >= 15 is 0 Å². The molecule has 0 saturated carbocycles. The van der Waals surface area contributed by atoms with Crippen LogP contribution in [-0.2, 0) is 0 Å². The molecule has 1 nitrogen and oxygen atoms in total. The summed E-state index contributed by atoms with van der Waals surface area (Å²) in [6.07, 6.45) is 0.322. The van der Waals surface area contributed by atoms with Gasteiger partial charge >= 0.3 is 0 Å². The minimum Gasteiger partial charge on any atom is -0.384 e. The molecule has 1 aromatic rings. The van der Waals surface area contributed by atoms with Crippen LogP contribution in [0.2, 0.25) is 0 Å². The number of aliphatic hydroxyl groups is 1. The third-order valence-corrected chi connectivity index (χ3v) is 4.09. The van der Waals surface area contributed by atoms with E-state index in [2.05, 4.69) is 45.1 Å². The van der Waals surface area contributed by atoms with Gasteiger partial charge in [0.15, 0.2) is 0 Å². The number of aliphatic hydroxyl groups excluding tert-OH is 1. The highest BCUT2D eigenvalue weighted by atomic mass is 127. The average molecular weight is 357 g/mol. The molecule has 13 heavy (non-hydrogen) atoms. The number of benzene rings is 1. The van der Waals surface area contributed by atoms with E-state index in [0.29, 0.717) is 4.47 Å². The standard InChI is InChI=1S/C9H7BrFIO/c1-2-7(13)8-5(11)3-4-6(12)9(8)10/h2-4,7,13H,1H2. The molecule has 1 unspecified atom stereocenters. The molecule has 0 radical (unpaired) electrons. The average Bonchev–Trinajstić information content (AvgIpc) is 2.12. The van der Waals surface area contributed by atoms with E-state index in [4.69, 9.17) is 0 Å². The van der Waals surface area contributed by atoms with Crippen LogP contribution in [0.15, 0.2) is 29.3 Å². The second-order valence-corrected chi connectivity index (χ2v) is 4.39. The molecule has 0 spiro atoms. The molecule has 70 valence electrons. The minimum atomic E-state index is -0.968. The summed E-state index contributed by atoms with van der Waals surface area (Å²) in [4.78, 5) is 0. The van der Waals surface area contributed by atoms with Crippen LogP contribution in [-0.4, -0.2) is 5.11 Å². The monoisotopic (exact) mass is 356 g/mol. The zero-order chi connectivity index (χ0) is 10.0. The van der Waals surface area contributed by atoms with Crippen LogP contribution in [0, 0.1) is 9.39 Å². The maximum Gasteiger partial charge on any atom is 0.130 e. The lowest BCUT2D eigenvalue weighted by Gasteiger charge is -2.10. The maximum absolute atomic E-state index is 13.2. The first-order valence-electron chi connectivity index (χ1n) is 3.52. The summed E-state index contributed by atoms with van der Waals surface area (Å²) < 4.78 is 14.7. The molecule has 0 heterocycles. The SMILES string of the molecule is C=CC(O)c1c(F)ccc(I)c1Br. The molecule has 1 N–H and O–H groups in total. The lowest BCUT2D eigenvalue weighted by atomic mass is 10.1. The van der Waals surface area contributed by atoms with E-state index < -0.39 is 11.9 Å². The third kappa shape index (κ3) is 2.30. The van der Waals surface area contributed by atoms with Crippen LogP contribution in [0.3, 0.4) is 0 Å². The van der Waals surface area contributed by atoms with Gasteiger partial charge in [-0.3, -0.25) is 0 Å². The highest BCUT2D eigenvalue weighted by molar-refractivity contribution is 14.1. The fourth-order valence-corrected chi connectivity index (χ4v) is 1.96. The summed E-state index contributed by atoms with van der Waals surface area (Å²) in [6, 6.07) is 2.97. The van der Waals surface area contributed by atoms with E-state index in [-0.39, 0.29) is 5.56 Å². The van der Waals surface area contributed by atoms with Crippen molar-refractivity contribution in [3.63, 3.8) is 0 Å². The van der Waals surface area contributed by atoms with Crippen LogP contribution in [0.1, 0.15) is 11.7 Å². The smallest absolute Gasteiger partial charge is 0.130 e. The second-order valence-electron chi connectivity index (χ2n) is 2.44. The molecule has 1 aromatic carbocycles. The lowest BCUT2D eigenvalue weighted by Crippen LogP contribution is -1.99. The predicted molar refractivity (Wildman–Crippen MR) is 62.0 cm³/mol. The Morgan fingerprint density at radius 3 is 2.77 bits per heavy atom. The molecule has 0 aliphatic heterocycles. The summed E-state index contributed by atoms with van der Waals surface area (Å²) in [7, 11) is 0. The van der Waals surface area contributed by atoms with Crippen molar-refractivity contribution in [2.45, 2.75) is 6.10 Å². The van der Waals surface area contributed by atoms with Gasteiger partial charge in [-0.25, -0.2) is 4.39 Å². The summed E-state index contributed by atoms with van der Waals surface area (Å²) in [5, 5.41) is 9.42. The molecule has 0 bridgehead atoms. The van der Waals surface area contributed by atoms with Gasteiger partial charge in [0.25, 0.3) is 0 Å². The number of hydrogen-bond acceptors (Lipinski definition) is 1. The van der Waals surface area contributed by atoms with Gasteiger partial charge in [-0.2, -0.15) is 0 Å². The highest BCUT2D eigenvalue weighted by Gasteiger charge is 2.15. The first-order valence-corrected chi connectivity index (χ1v) is 5.39. The summed E-state index contributed by atoms with van der Waals surface area (Å²) in [6.45, 7) is 3.41. The van der Waals surface area contributed by atoms with Gasteiger partial charge in [-0.15, -0.1) is 6.58 Å². The van der Waals surface area contributed by atoms with Crippen LogP contribution in [0.4, 0.5) is 4.39 Å². The molecule has 0 aromatic heterocycles. The maximum atomic E-state index is 13.2. The van der Waals surface area contributed by atoms with Gasteiger partial charge in [-0.1, -0.05) is 6.08 Å². The Labute approximate surface area is 97.9 Å². The zero-order valence-corrected chi connectivity index (χ0v) is 10.3. The molecule has 0 fully saturated rings. The summed E-state index contributed by atoms with van der Waals surface area (Å²) in [5.74, 6) is -0.431. The molecule has 4 heteroatoms. The molecular formula is C9H7BrFIO. The van der Waals surface area contributed by atoms with Gasteiger partial charge in [0.05, 0.1) is 0 Å². The number of hydrogen-bond donors (Lipinski definition) is 1. The predicted octanol–water partition coefficient (Wildman–Crippen LogP) is 3.41. The van der Waals surface area contributed by atoms with Crippen LogP contribution in [0.5, 0.6) is 0 Å². The summed E-state index contributed by atoms with van der Waals surface area (Å²) >= 11 is 5.27. The first kappa shape index (κ1) is 11.1. The normalized spacial score (nSPS) is 12.6. The van der Waals surface area contributed by atoms with E-state index in [1.165, 1.54) is 12.1 Å². The van der Waals surface area contributed by atoms with Crippen molar-refractivity contribution in [2.24, 2.45) is 0 Å². The molecule has 0 saturated heterocycles. The van der Waals surface area contributed by atoms with Crippen molar-refractivity contribution in [1.82, 2.24) is 0 Å². The van der Waals surface area contributed by atoms with E-state index in [9.17, 15) is 9.50 Å².